The molecule has 100 valence electrons. The lowest BCUT2D eigenvalue weighted by molar-refractivity contribution is -0.385. The molecule has 0 amide bonds. The fraction of sp³-hybridized carbons (Fsp3) is 0.300. The molecule has 0 aliphatic heterocycles. The van der Waals surface area contributed by atoms with E-state index in [0.717, 1.165) is 0 Å². The number of aryl methyl sites for hydroxylation is 1. The second-order valence-corrected chi connectivity index (χ2v) is 4.73. The maximum atomic E-state index is 10.9. The second kappa shape index (κ2) is 5.65. The van der Waals surface area contributed by atoms with Crippen molar-refractivity contribution < 1.29 is 4.92 Å². The first-order chi connectivity index (χ1) is 9.10. The first kappa shape index (κ1) is 13.3. The molecule has 0 aliphatic rings. The minimum Gasteiger partial charge on any atom is -0.385 e. The summed E-state index contributed by atoms with van der Waals surface area (Å²) in [5.74, 6) is 0. The first-order valence-electron chi connectivity index (χ1n) is 5.53. The lowest BCUT2D eigenvalue weighted by atomic mass is 10.3. The van der Waals surface area contributed by atoms with Crippen LogP contribution >= 0.6 is 11.8 Å². The Labute approximate surface area is 113 Å². The van der Waals surface area contributed by atoms with E-state index in [9.17, 15) is 10.1 Å². The van der Waals surface area contributed by atoms with Crippen LogP contribution in [0.25, 0.3) is 0 Å². The third kappa shape index (κ3) is 3.19. The van der Waals surface area contributed by atoms with Crippen LogP contribution in [-0.2, 0) is 7.05 Å². The number of nitrogens with one attached hydrogen (secondary N) is 1. The van der Waals surface area contributed by atoms with Gasteiger partial charge in [0.2, 0.25) is 5.16 Å². The van der Waals surface area contributed by atoms with Crippen molar-refractivity contribution in [3.63, 3.8) is 0 Å². The molecule has 0 saturated carbocycles. The van der Waals surface area contributed by atoms with Gasteiger partial charge in [0, 0.05) is 36.3 Å². The predicted molar refractivity (Wildman–Crippen MR) is 70.2 cm³/mol. The van der Waals surface area contributed by atoms with Crippen molar-refractivity contribution in [2.75, 3.05) is 11.9 Å². The number of aromatic nitrogens is 4. The van der Waals surface area contributed by atoms with Crippen LogP contribution in [0.2, 0.25) is 0 Å². The Bertz CT molecular complexity index is 599. The highest BCUT2D eigenvalue weighted by atomic mass is 32.2. The third-order valence-electron chi connectivity index (χ3n) is 2.27. The molecule has 0 fully saturated rings. The number of rotatable bonds is 5. The van der Waals surface area contributed by atoms with E-state index >= 15 is 0 Å². The quantitative estimate of drug-likeness (QED) is 0.657. The summed E-state index contributed by atoms with van der Waals surface area (Å²) >= 11 is 1.27. The molecular formula is C10H12N6O2S. The summed E-state index contributed by atoms with van der Waals surface area (Å²) in [6.07, 6.45) is 0. The first-order valence-corrected chi connectivity index (χ1v) is 6.35. The van der Waals surface area contributed by atoms with Crippen molar-refractivity contribution >= 4 is 23.1 Å². The summed E-state index contributed by atoms with van der Waals surface area (Å²) < 4.78 is 1.51. The van der Waals surface area contributed by atoms with Gasteiger partial charge in [0.05, 0.1) is 4.92 Å². The molecule has 1 heterocycles. The summed E-state index contributed by atoms with van der Waals surface area (Å²) in [5.41, 5.74) is 0.741. The zero-order chi connectivity index (χ0) is 13.8. The van der Waals surface area contributed by atoms with E-state index in [2.05, 4.69) is 20.8 Å². The summed E-state index contributed by atoms with van der Waals surface area (Å²) in [5, 5.41) is 25.6. The predicted octanol–water partition coefficient (Wildman–Crippen LogP) is 1.70. The molecule has 19 heavy (non-hydrogen) atoms. The van der Waals surface area contributed by atoms with E-state index in [4.69, 9.17) is 0 Å². The van der Waals surface area contributed by atoms with E-state index in [0.29, 0.717) is 22.3 Å². The van der Waals surface area contributed by atoms with Gasteiger partial charge in [0.25, 0.3) is 5.69 Å². The highest BCUT2D eigenvalue weighted by molar-refractivity contribution is 7.99. The van der Waals surface area contributed by atoms with Gasteiger partial charge in [-0.05, 0) is 35.2 Å². The minimum absolute atomic E-state index is 0.0380. The van der Waals surface area contributed by atoms with E-state index in [-0.39, 0.29) is 5.69 Å². The average molecular weight is 280 g/mol. The van der Waals surface area contributed by atoms with Crippen LogP contribution in [0, 0.1) is 10.1 Å². The number of benzene rings is 1. The van der Waals surface area contributed by atoms with Gasteiger partial charge in [-0.1, -0.05) is 0 Å². The van der Waals surface area contributed by atoms with Gasteiger partial charge in [-0.2, -0.15) is 0 Å². The maximum absolute atomic E-state index is 10.9. The van der Waals surface area contributed by atoms with Crippen LogP contribution in [0.4, 0.5) is 11.4 Å². The zero-order valence-electron chi connectivity index (χ0n) is 10.4. The number of nitrogens with zero attached hydrogens (tertiary/aromatic N) is 5. The molecule has 0 saturated heterocycles. The van der Waals surface area contributed by atoms with Gasteiger partial charge in [0.15, 0.2) is 0 Å². The molecule has 0 spiro atoms. The van der Waals surface area contributed by atoms with Crippen LogP contribution in [0.15, 0.2) is 28.3 Å². The Morgan fingerprint density at radius 3 is 2.84 bits per heavy atom. The van der Waals surface area contributed by atoms with Crippen LogP contribution in [0.3, 0.4) is 0 Å². The minimum atomic E-state index is -0.417. The number of tetrazole rings is 1. The smallest absolute Gasteiger partial charge is 0.272 e. The lowest BCUT2D eigenvalue weighted by Gasteiger charge is -2.06. The van der Waals surface area contributed by atoms with Crippen molar-refractivity contribution in [2.45, 2.75) is 17.0 Å². The molecule has 1 aromatic carbocycles. The Morgan fingerprint density at radius 2 is 2.26 bits per heavy atom. The summed E-state index contributed by atoms with van der Waals surface area (Å²) in [4.78, 5) is 11.2. The van der Waals surface area contributed by atoms with Crippen molar-refractivity contribution in [1.82, 2.24) is 20.2 Å². The molecule has 0 unspecified atom stereocenters. The standard InChI is InChI=1S/C10H12N6O2S/c1-3-11-7-4-8(16(17)18)6-9(5-7)19-10-12-13-14-15(10)2/h4-6,11H,3H2,1-2H3. The number of nitro benzene ring substituents is 1. The van der Waals surface area contributed by atoms with Crippen LogP contribution in [-0.4, -0.2) is 31.7 Å². The topological polar surface area (TPSA) is 98.8 Å². The van der Waals surface area contributed by atoms with Gasteiger partial charge in [-0.15, -0.1) is 5.10 Å². The molecule has 0 radical (unpaired) electrons. The Hall–Kier alpha value is -2.16. The number of nitro groups is 1. The molecule has 2 aromatic rings. The van der Waals surface area contributed by atoms with Crippen molar-refractivity contribution in [3.05, 3.63) is 28.3 Å². The largest absolute Gasteiger partial charge is 0.385 e. The second-order valence-electron chi connectivity index (χ2n) is 3.69. The summed E-state index contributed by atoms with van der Waals surface area (Å²) in [6.45, 7) is 2.62. The molecule has 1 aromatic heterocycles. The Balaban J connectivity index is 2.33. The monoisotopic (exact) mass is 280 g/mol. The van der Waals surface area contributed by atoms with Crippen molar-refractivity contribution in [3.8, 4) is 0 Å². The number of hydrogen-bond donors (Lipinski definition) is 1. The molecule has 8 nitrogen and oxygen atoms in total. The fourth-order valence-electron chi connectivity index (χ4n) is 1.47. The molecule has 1 N–H and O–H groups in total. The van der Waals surface area contributed by atoms with Gasteiger partial charge >= 0.3 is 0 Å². The van der Waals surface area contributed by atoms with E-state index < -0.39 is 4.92 Å². The maximum Gasteiger partial charge on any atom is 0.272 e. The number of non-ortho nitro benzene ring substituents is 1. The molecule has 9 heteroatoms. The summed E-state index contributed by atoms with van der Waals surface area (Å²) in [7, 11) is 1.71. The highest BCUT2D eigenvalue weighted by Crippen LogP contribution is 2.31. The SMILES string of the molecule is CCNc1cc(Sc2nnnn2C)cc([N+](=O)[O-])c1. The zero-order valence-corrected chi connectivity index (χ0v) is 11.2. The van der Waals surface area contributed by atoms with Gasteiger partial charge < -0.3 is 5.32 Å². The lowest BCUT2D eigenvalue weighted by Crippen LogP contribution is -1.98. The fourth-order valence-corrected chi connectivity index (χ4v) is 2.29. The average Bonchev–Trinajstić information content (AvgIpc) is 2.75. The highest BCUT2D eigenvalue weighted by Gasteiger charge is 2.12. The Kier molecular flexibility index (Phi) is 3.95. The molecule has 0 bridgehead atoms. The van der Waals surface area contributed by atoms with Crippen LogP contribution in [0.5, 0.6) is 0 Å². The van der Waals surface area contributed by atoms with E-state index in [1.165, 1.54) is 28.6 Å². The summed E-state index contributed by atoms with van der Waals surface area (Å²) in [6, 6.07) is 4.83. The Morgan fingerprint density at radius 1 is 1.47 bits per heavy atom. The van der Waals surface area contributed by atoms with Crippen molar-refractivity contribution in [1.29, 1.82) is 0 Å². The molecule has 0 atom stereocenters. The van der Waals surface area contributed by atoms with Crippen LogP contribution in [0.1, 0.15) is 6.92 Å². The molecule has 2 rings (SSSR count). The van der Waals surface area contributed by atoms with Gasteiger partial charge in [0.1, 0.15) is 0 Å². The van der Waals surface area contributed by atoms with Crippen LogP contribution < -0.4 is 5.32 Å². The third-order valence-corrected chi connectivity index (χ3v) is 3.27. The number of hydrogen-bond acceptors (Lipinski definition) is 7. The number of anilines is 1. The van der Waals surface area contributed by atoms with Gasteiger partial charge in [-0.3, -0.25) is 10.1 Å². The van der Waals surface area contributed by atoms with Gasteiger partial charge in [-0.25, -0.2) is 4.68 Å². The molecule has 0 aliphatic carbocycles. The van der Waals surface area contributed by atoms with E-state index in [1.807, 2.05) is 13.0 Å². The normalized spacial score (nSPS) is 10.4. The van der Waals surface area contributed by atoms with E-state index in [1.54, 1.807) is 7.05 Å². The molecular weight excluding hydrogens is 268 g/mol. The van der Waals surface area contributed by atoms with Crippen molar-refractivity contribution in [2.24, 2.45) is 7.05 Å².